The van der Waals surface area contributed by atoms with Crippen LogP contribution < -0.4 is 5.32 Å². The summed E-state index contributed by atoms with van der Waals surface area (Å²) in [4.78, 5) is 2.34. The highest BCUT2D eigenvalue weighted by Gasteiger charge is 2.31. The smallest absolute Gasteiger partial charge is 0.0793 e. The van der Waals surface area contributed by atoms with Crippen LogP contribution in [-0.4, -0.2) is 48.8 Å². The molecule has 2 fully saturated rings. The van der Waals surface area contributed by atoms with Crippen LogP contribution >= 0.6 is 0 Å². The summed E-state index contributed by atoms with van der Waals surface area (Å²) in [6, 6.07) is 0.654. The molecule has 1 heterocycles. The number of aliphatic hydroxyl groups excluding tert-OH is 1. The van der Waals surface area contributed by atoms with Gasteiger partial charge in [0.1, 0.15) is 0 Å². The Bertz CT molecular complexity index is 164. The molecule has 1 saturated heterocycles. The molecular formula is C10H20N2O. The quantitative estimate of drug-likeness (QED) is 0.648. The van der Waals surface area contributed by atoms with E-state index in [2.05, 4.69) is 17.3 Å². The summed E-state index contributed by atoms with van der Waals surface area (Å²) in [6.45, 7) is 2.88. The highest BCUT2D eigenvalue weighted by Crippen LogP contribution is 2.30. The lowest BCUT2D eigenvalue weighted by atomic mass is 9.79. The lowest BCUT2D eigenvalue weighted by molar-refractivity contribution is -0.00935. The monoisotopic (exact) mass is 184 g/mol. The molecule has 1 aliphatic heterocycles. The normalized spacial score (nSPS) is 28.2. The molecule has 1 aliphatic carbocycles. The minimum Gasteiger partial charge on any atom is -0.390 e. The minimum absolute atomic E-state index is 0.0566. The molecular weight excluding hydrogens is 164 g/mol. The minimum atomic E-state index is -0.0566. The molecule has 1 saturated carbocycles. The van der Waals surface area contributed by atoms with E-state index in [0.29, 0.717) is 6.04 Å². The van der Waals surface area contributed by atoms with Gasteiger partial charge in [-0.2, -0.15) is 0 Å². The molecule has 1 atom stereocenters. The van der Waals surface area contributed by atoms with E-state index in [0.717, 1.165) is 25.6 Å². The third-order valence-electron chi connectivity index (χ3n) is 3.48. The number of nitrogens with zero attached hydrogens (tertiary/aromatic N) is 1. The molecule has 0 aromatic heterocycles. The van der Waals surface area contributed by atoms with Crippen molar-refractivity contribution in [3.63, 3.8) is 0 Å². The topological polar surface area (TPSA) is 35.5 Å². The molecule has 3 heteroatoms. The van der Waals surface area contributed by atoms with Crippen LogP contribution in [0.5, 0.6) is 0 Å². The summed E-state index contributed by atoms with van der Waals surface area (Å²) < 4.78 is 0. The van der Waals surface area contributed by atoms with E-state index in [9.17, 15) is 0 Å². The fourth-order valence-electron chi connectivity index (χ4n) is 2.29. The standard InChI is InChI=1S/C10H20N2O/c1-11-10(8-3-2-4-8)7-12-5-9(13)6-12/h8-11,13H,2-7H2,1H3/t10-/m0/s1. The molecule has 76 valence electrons. The number of β-amino-alcohol motifs (C(OH)–C–C–N with tert-alkyl or cyclic N) is 1. The van der Waals surface area contributed by atoms with E-state index in [1.165, 1.54) is 19.3 Å². The Hall–Kier alpha value is -0.120. The highest BCUT2D eigenvalue weighted by atomic mass is 16.3. The second-order valence-corrected chi connectivity index (χ2v) is 4.46. The number of aliphatic hydroxyl groups is 1. The first-order valence-corrected chi connectivity index (χ1v) is 5.37. The first kappa shape index (κ1) is 9.44. The Kier molecular flexibility index (Phi) is 2.86. The summed E-state index contributed by atoms with van der Waals surface area (Å²) in [5, 5.41) is 12.5. The second kappa shape index (κ2) is 3.95. The Morgan fingerprint density at radius 1 is 1.46 bits per heavy atom. The van der Waals surface area contributed by atoms with Gasteiger partial charge in [-0.05, 0) is 25.8 Å². The van der Waals surface area contributed by atoms with E-state index >= 15 is 0 Å². The van der Waals surface area contributed by atoms with E-state index in [1.807, 2.05) is 0 Å². The van der Waals surface area contributed by atoms with E-state index < -0.39 is 0 Å². The first-order chi connectivity index (χ1) is 6.29. The van der Waals surface area contributed by atoms with Gasteiger partial charge in [0, 0.05) is 25.7 Å². The zero-order chi connectivity index (χ0) is 9.26. The summed E-state index contributed by atoms with van der Waals surface area (Å²) in [6.07, 6.45) is 4.13. The average molecular weight is 184 g/mol. The van der Waals surface area contributed by atoms with Gasteiger partial charge in [-0.3, -0.25) is 4.90 Å². The lowest BCUT2D eigenvalue weighted by Gasteiger charge is -2.42. The lowest BCUT2D eigenvalue weighted by Crippen LogP contribution is -2.56. The largest absolute Gasteiger partial charge is 0.390 e. The maximum absolute atomic E-state index is 9.15. The van der Waals surface area contributed by atoms with Gasteiger partial charge in [0.25, 0.3) is 0 Å². The molecule has 2 N–H and O–H groups in total. The number of nitrogens with one attached hydrogen (secondary N) is 1. The number of hydrogen-bond acceptors (Lipinski definition) is 3. The molecule has 0 spiro atoms. The van der Waals surface area contributed by atoms with Crippen molar-refractivity contribution >= 4 is 0 Å². The third kappa shape index (κ3) is 2.03. The van der Waals surface area contributed by atoms with Crippen molar-refractivity contribution in [3.8, 4) is 0 Å². The third-order valence-corrected chi connectivity index (χ3v) is 3.48. The van der Waals surface area contributed by atoms with E-state index in [1.54, 1.807) is 0 Å². The first-order valence-electron chi connectivity index (χ1n) is 5.37. The predicted octanol–water partition coefficient (Wildman–Crippen LogP) is 0.0510. The number of likely N-dealkylation sites (tertiary alicyclic amines) is 1. The van der Waals surface area contributed by atoms with Crippen LogP contribution in [0.25, 0.3) is 0 Å². The van der Waals surface area contributed by atoms with Crippen LogP contribution in [0.1, 0.15) is 19.3 Å². The maximum Gasteiger partial charge on any atom is 0.0793 e. The van der Waals surface area contributed by atoms with Crippen LogP contribution in [-0.2, 0) is 0 Å². The average Bonchev–Trinajstić information content (AvgIpc) is 1.96. The molecule has 2 aliphatic rings. The van der Waals surface area contributed by atoms with Gasteiger partial charge >= 0.3 is 0 Å². The van der Waals surface area contributed by atoms with Crippen LogP contribution in [0.2, 0.25) is 0 Å². The second-order valence-electron chi connectivity index (χ2n) is 4.46. The molecule has 3 nitrogen and oxygen atoms in total. The number of hydrogen-bond donors (Lipinski definition) is 2. The van der Waals surface area contributed by atoms with Gasteiger partial charge < -0.3 is 10.4 Å². The van der Waals surface area contributed by atoms with Crippen molar-refractivity contribution in [3.05, 3.63) is 0 Å². The fourth-order valence-corrected chi connectivity index (χ4v) is 2.29. The van der Waals surface area contributed by atoms with E-state index in [4.69, 9.17) is 5.11 Å². The Morgan fingerprint density at radius 3 is 2.54 bits per heavy atom. The van der Waals surface area contributed by atoms with E-state index in [-0.39, 0.29) is 6.10 Å². The van der Waals surface area contributed by atoms with Gasteiger partial charge in [0.2, 0.25) is 0 Å². The fraction of sp³-hybridized carbons (Fsp3) is 1.00. The Morgan fingerprint density at radius 2 is 2.15 bits per heavy atom. The molecule has 0 amide bonds. The predicted molar refractivity (Wildman–Crippen MR) is 52.6 cm³/mol. The van der Waals surface area contributed by atoms with Crippen molar-refractivity contribution in [1.29, 1.82) is 0 Å². The molecule has 0 unspecified atom stereocenters. The molecule has 2 rings (SSSR count). The van der Waals surface area contributed by atoms with Crippen molar-refractivity contribution in [2.24, 2.45) is 5.92 Å². The van der Waals surface area contributed by atoms with Crippen LogP contribution in [0.3, 0.4) is 0 Å². The number of rotatable bonds is 4. The zero-order valence-corrected chi connectivity index (χ0v) is 8.37. The molecule has 13 heavy (non-hydrogen) atoms. The maximum atomic E-state index is 9.15. The Labute approximate surface area is 80.1 Å². The molecule has 0 aromatic carbocycles. The SMILES string of the molecule is CN[C@@H](CN1CC(O)C1)C1CCC1. The highest BCUT2D eigenvalue weighted by molar-refractivity contribution is 4.88. The summed E-state index contributed by atoms with van der Waals surface area (Å²) in [5.41, 5.74) is 0. The van der Waals surface area contributed by atoms with Crippen LogP contribution in [0.4, 0.5) is 0 Å². The van der Waals surface area contributed by atoms with Crippen molar-refractivity contribution in [2.45, 2.75) is 31.4 Å². The molecule has 0 radical (unpaired) electrons. The zero-order valence-electron chi connectivity index (χ0n) is 8.37. The van der Waals surface area contributed by atoms with Gasteiger partial charge in [0.15, 0.2) is 0 Å². The van der Waals surface area contributed by atoms with Crippen LogP contribution in [0, 0.1) is 5.92 Å². The van der Waals surface area contributed by atoms with Crippen LogP contribution in [0.15, 0.2) is 0 Å². The van der Waals surface area contributed by atoms with Gasteiger partial charge in [-0.25, -0.2) is 0 Å². The molecule has 0 bridgehead atoms. The molecule has 0 aromatic rings. The van der Waals surface area contributed by atoms with Crippen molar-refractivity contribution < 1.29 is 5.11 Å². The van der Waals surface area contributed by atoms with Gasteiger partial charge in [0.05, 0.1) is 6.10 Å². The van der Waals surface area contributed by atoms with Gasteiger partial charge in [-0.1, -0.05) is 6.42 Å². The van der Waals surface area contributed by atoms with Gasteiger partial charge in [-0.15, -0.1) is 0 Å². The summed E-state index contributed by atoms with van der Waals surface area (Å²) in [7, 11) is 2.05. The number of likely N-dealkylation sites (N-methyl/N-ethyl adjacent to an activating group) is 1. The van der Waals surface area contributed by atoms with Crippen molar-refractivity contribution in [2.75, 3.05) is 26.7 Å². The Balaban J connectivity index is 1.71. The van der Waals surface area contributed by atoms with Crippen molar-refractivity contribution in [1.82, 2.24) is 10.2 Å². The summed E-state index contributed by atoms with van der Waals surface area (Å²) in [5.74, 6) is 0.891. The summed E-state index contributed by atoms with van der Waals surface area (Å²) >= 11 is 0.